The molecule has 1 saturated carbocycles. The predicted octanol–water partition coefficient (Wildman–Crippen LogP) is 7.57. The van der Waals surface area contributed by atoms with E-state index in [2.05, 4.69) is 41.4 Å². The summed E-state index contributed by atoms with van der Waals surface area (Å²) < 4.78 is 1.04. The van der Waals surface area contributed by atoms with Crippen molar-refractivity contribution in [2.45, 2.75) is 51.2 Å². The molecule has 0 aliphatic heterocycles. The Balaban J connectivity index is 1.45. The lowest BCUT2D eigenvalue weighted by Gasteiger charge is -2.37. The van der Waals surface area contributed by atoms with E-state index in [0.717, 1.165) is 58.0 Å². The van der Waals surface area contributed by atoms with E-state index in [4.69, 9.17) is 16.9 Å². The Hall–Kier alpha value is -3.17. The van der Waals surface area contributed by atoms with E-state index < -0.39 is 0 Å². The van der Waals surface area contributed by atoms with Crippen LogP contribution in [0, 0.1) is 18.3 Å². The second-order valence-electron chi connectivity index (χ2n) is 9.81. The van der Waals surface area contributed by atoms with Gasteiger partial charge in [-0.3, -0.25) is 4.79 Å². The second kappa shape index (κ2) is 11.1. The van der Waals surface area contributed by atoms with E-state index in [0.29, 0.717) is 28.0 Å². The van der Waals surface area contributed by atoms with Gasteiger partial charge in [0.25, 0.3) is 5.91 Å². The number of fused-ring (bicyclic) bond motifs is 1. The topological polar surface area (TPSA) is 56.1 Å². The van der Waals surface area contributed by atoms with Crippen molar-refractivity contribution < 1.29 is 4.79 Å². The van der Waals surface area contributed by atoms with Crippen molar-refractivity contribution in [1.82, 2.24) is 10.2 Å². The van der Waals surface area contributed by atoms with Gasteiger partial charge in [-0.15, -0.1) is 11.3 Å². The number of nitrogens with one attached hydrogen (secondary N) is 1. The van der Waals surface area contributed by atoms with Crippen molar-refractivity contribution >= 4 is 38.9 Å². The van der Waals surface area contributed by atoms with Crippen LogP contribution in [-0.4, -0.2) is 29.9 Å². The number of aryl methyl sites for hydroxylation is 1. The van der Waals surface area contributed by atoms with Gasteiger partial charge < -0.3 is 10.2 Å². The minimum Gasteiger partial charge on any atom is -0.331 e. The zero-order chi connectivity index (χ0) is 25.9. The van der Waals surface area contributed by atoms with Gasteiger partial charge in [-0.25, -0.2) is 0 Å². The van der Waals surface area contributed by atoms with Crippen LogP contribution in [-0.2, 0) is 6.54 Å². The number of amides is 1. The van der Waals surface area contributed by atoms with Crippen LogP contribution in [0.3, 0.4) is 0 Å². The molecule has 1 aliphatic carbocycles. The number of benzene rings is 3. The summed E-state index contributed by atoms with van der Waals surface area (Å²) in [4.78, 5) is 16.7. The van der Waals surface area contributed by atoms with E-state index in [1.165, 1.54) is 11.3 Å². The molecule has 1 aliphatic rings. The van der Waals surface area contributed by atoms with Crippen LogP contribution in [0.2, 0.25) is 5.02 Å². The summed E-state index contributed by atoms with van der Waals surface area (Å²) >= 11 is 8.24. The number of hydrogen-bond acceptors (Lipinski definition) is 4. The maximum atomic E-state index is 14.0. The third-order valence-corrected chi connectivity index (χ3v) is 9.17. The van der Waals surface area contributed by atoms with Gasteiger partial charge >= 0.3 is 0 Å². The summed E-state index contributed by atoms with van der Waals surface area (Å²) in [5.74, 6) is 0.0212. The number of halogens is 1. The first-order valence-electron chi connectivity index (χ1n) is 12.7. The molecule has 37 heavy (non-hydrogen) atoms. The Morgan fingerprint density at radius 3 is 2.46 bits per heavy atom. The van der Waals surface area contributed by atoms with Crippen LogP contribution in [0.1, 0.15) is 52.0 Å². The van der Waals surface area contributed by atoms with Crippen molar-refractivity contribution in [1.29, 1.82) is 5.26 Å². The molecule has 4 nitrogen and oxygen atoms in total. The molecule has 188 valence electrons. The summed E-state index contributed by atoms with van der Waals surface area (Å²) in [7, 11) is 2.02. The molecule has 1 N–H and O–H groups in total. The van der Waals surface area contributed by atoms with Gasteiger partial charge in [-0.05, 0) is 80.1 Å². The standard InChI is InChI=1S/C31H30ClN3OS/c1-20-17-22(9-16-26(20)23-10-7-21(18-33)8-11-23)19-35(25-14-12-24(34-2)13-15-25)31(36)30-29(32)27-5-3-4-6-28(27)37-30/h3-11,16-17,24-25,34H,12-15,19H2,1-2H3. The first-order valence-corrected chi connectivity index (χ1v) is 13.9. The molecule has 1 amide bonds. The normalized spacial score (nSPS) is 17.5. The van der Waals surface area contributed by atoms with Gasteiger partial charge in [0.2, 0.25) is 0 Å². The van der Waals surface area contributed by atoms with E-state index in [1.807, 2.05) is 55.6 Å². The van der Waals surface area contributed by atoms with Gasteiger partial charge in [-0.1, -0.05) is 60.1 Å². The number of carbonyl (C=O) groups excluding carboxylic acids is 1. The number of rotatable bonds is 6. The SMILES string of the molecule is CNC1CCC(N(Cc2ccc(-c3ccc(C#N)cc3)c(C)c2)C(=O)c2sc3ccccc3c2Cl)CC1. The average molecular weight is 528 g/mol. The average Bonchev–Trinajstić information content (AvgIpc) is 3.28. The molecular formula is C31H30ClN3OS. The molecule has 0 saturated heterocycles. The molecule has 1 fully saturated rings. The van der Waals surface area contributed by atoms with E-state index in [1.54, 1.807) is 0 Å². The number of carbonyl (C=O) groups is 1. The number of nitriles is 1. The van der Waals surface area contributed by atoms with Crippen molar-refractivity contribution in [3.8, 4) is 17.2 Å². The maximum absolute atomic E-state index is 14.0. The van der Waals surface area contributed by atoms with Crippen LogP contribution in [0.4, 0.5) is 0 Å². The molecule has 0 atom stereocenters. The lowest BCUT2D eigenvalue weighted by Crippen LogP contribution is -2.44. The smallest absolute Gasteiger partial charge is 0.266 e. The Labute approximate surface area is 227 Å². The zero-order valence-electron chi connectivity index (χ0n) is 21.1. The minimum absolute atomic E-state index is 0.0212. The van der Waals surface area contributed by atoms with Crippen molar-refractivity contribution in [2.75, 3.05) is 7.05 Å². The molecule has 0 bridgehead atoms. The lowest BCUT2D eigenvalue weighted by atomic mass is 9.89. The summed E-state index contributed by atoms with van der Waals surface area (Å²) in [6.07, 6.45) is 4.06. The minimum atomic E-state index is 0.0212. The fraction of sp³-hybridized carbons (Fsp3) is 0.290. The Bertz CT molecular complexity index is 1460. The first kappa shape index (κ1) is 25.5. The number of hydrogen-bond donors (Lipinski definition) is 1. The van der Waals surface area contributed by atoms with Crippen LogP contribution in [0.25, 0.3) is 21.2 Å². The summed E-state index contributed by atoms with van der Waals surface area (Å²) in [6, 6.07) is 24.9. The van der Waals surface area contributed by atoms with Gasteiger partial charge in [0.1, 0.15) is 4.88 Å². The van der Waals surface area contributed by atoms with Gasteiger partial charge in [0.05, 0.1) is 16.7 Å². The highest BCUT2D eigenvalue weighted by Crippen LogP contribution is 2.37. The van der Waals surface area contributed by atoms with E-state index in [-0.39, 0.29) is 11.9 Å². The molecule has 5 rings (SSSR count). The number of nitrogens with zero attached hydrogens (tertiary/aromatic N) is 2. The van der Waals surface area contributed by atoms with Crippen LogP contribution in [0.5, 0.6) is 0 Å². The van der Waals surface area contributed by atoms with Crippen molar-refractivity contribution in [3.63, 3.8) is 0 Å². The highest BCUT2D eigenvalue weighted by Gasteiger charge is 2.31. The van der Waals surface area contributed by atoms with Crippen LogP contribution >= 0.6 is 22.9 Å². The molecule has 0 unspecified atom stereocenters. The Morgan fingerprint density at radius 2 is 1.81 bits per heavy atom. The second-order valence-corrected chi connectivity index (χ2v) is 11.2. The fourth-order valence-corrected chi connectivity index (χ4v) is 6.86. The third-order valence-electron chi connectivity index (χ3n) is 7.50. The first-order chi connectivity index (χ1) is 18.0. The summed E-state index contributed by atoms with van der Waals surface area (Å²) in [5.41, 5.74) is 5.12. The van der Waals surface area contributed by atoms with E-state index >= 15 is 0 Å². The zero-order valence-corrected chi connectivity index (χ0v) is 22.7. The van der Waals surface area contributed by atoms with Gasteiger partial charge in [0, 0.05) is 28.7 Å². The summed E-state index contributed by atoms with van der Waals surface area (Å²) in [6.45, 7) is 2.65. The quantitative estimate of drug-likeness (QED) is 0.281. The maximum Gasteiger partial charge on any atom is 0.266 e. The highest BCUT2D eigenvalue weighted by atomic mass is 35.5. The number of thiophene rings is 1. The third kappa shape index (κ3) is 5.29. The Morgan fingerprint density at radius 1 is 1.08 bits per heavy atom. The molecule has 1 heterocycles. The predicted molar refractivity (Wildman–Crippen MR) is 153 cm³/mol. The molecule has 0 spiro atoms. The van der Waals surface area contributed by atoms with Crippen molar-refractivity contribution in [3.05, 3.63) is 93.3 Å². The summed E-state index contributed by atoms with van der Waals surface area (Å²) in [5, 5.41) is 14.0. The largest absolute Gasteiger partial charge is 0.331 e. The van der Waals surface area contributed by atoms with Gasteiger partial charge in [0.15, 0.2) is 0 Å². The molecule has 1 aromatic heterocycles. The Kier molecular flexibility index (Phi) is 7.62. The fourth-order valence-electron chi connectivity index (χ4n) is 5.39. The lowest BCUT2D eigenvalue weighted by molar-refractivity contribution is 0.0606. The van der Waals surface area contributed by atoms with Crippen LogP contribution in [0.15, 0.2) is 66.7 Å². The van der Waals surface area contributed by atoms with Crippen molar-refractivity contribution in [2.24, 2.45) is 0 Å². The highest BCUT2D eigenvalue weighted by molar-refractivity contribution is 7.21. The molecule has 4 aromatic rings. The van der Waals surface area contributed by atoms with E-state index in [9.17, 15) is 4.79 Å². The van der Waals surface area contributed by atoms with Gasteiger partial charge in [-0.2, -0.15) is 5.26 Å². The molecule has 0 radical (unpaired) electrons. The molecule has 6 heteroatoms. The van der Waals surface area contributed by atoms with Crippen LogP contribution < -0.4 is 5.32 Å². The molecular weight excluding hydrogens is 498 g/mol. The monoisotopic (exact) mass is 527 g/mol. The molecule has 3 aromatic carbocycles.